The van der Waals surface area contributed by atoms with E-state index in [4.69, 9.17) is 0 Å². The van der Waals surface area contributed by atoms with Crippen molar-refractivity contribution in [3.05, 3.63) is 27.3 Å². The Bertz CT molecular complexity index is 312. The van der Waals surface area contributed by atoms with E-state index in [1.54, 1.807) is 18.2 Å². The van der Waals surface area contributed by atoms with Gasteiger partial charge in [-0.1, -0.05) is 15.9 Å². The predicted octanol–water partition coefficient (Wildman–Crippen LogP) is 2.57. The predicted molar refractivity (Wildman–Crippen MR) is 58.9 cm³/mol. The van der Waals surface area contributed by atoms with Crippen LogP contribution in [-0.2, 0) is 0 Å². The number of phenolic OH excluding ortho intramolecular Hbond substituents is 1. The van der Waals surface area contributed by atoms with E-state index < -0.39 is 0 Å². The van der Waals surface area contributed by atoms with Crippen LogP contribution in [0.5, 0.6) is 5.75 Å². The van der Waals surface area contributed by atoms with E-state index in [0.29, 0.717) is 5.56 Å². The van der Waals surface area contributed by atoms with E-state index in [-0.39, 0.29) is 16.9 Å². The maximum absolute atomic E-state index is 11.1. The number of hydrogen-bond donors (Lipinski definition) is 1. The smallest absolute Gasteiger partial charge is 0.177 e. The molecule has 0 atom stereocenters. The molecule has 0 unspecified atom stereocenters. The Balaban J connectivity index is 3.09. The minimum Gasteiger partial charge on any atom is -0.507 e. The Hall–Kier alpha value is -0.100. The number of phenols is 1. The number of alkyl halides is 1. The van der Waals surface area contributed by atoms with Crippen LogP contribution < -0.4 is 0 Å². The van der Waals surface area contributed by atoms with Crippen LogP contribution in [0.25, 0.3) is 0 Å². The van der Waals surface area contributed by atoms with Gasteiger partial charge >= 0.3 is 0 Å². The van der Waals surface area contributed by atoms with E-state index in [9.17, 15) is 9.90 Å². The van der Waals surface area contributed by atoms with E-state index in [2.05, 4.69) is 38.5 Å². The number of halogens is 2. The molecule has 1 N–H and O–H groups in total. The van der Waals surface area contributed by atoms with Crippen LogP contribution in [0, 0.1) is 3.57 Å². The number of Topliss-reactive ketones (excluding diaryl/α,β-unsaturated/α-hetero) is 1. The highest BCUT2D eigenvalue weighted by Crippen LogP contribution is 2.20. The third-order valence-electron chi connectivity index (χ3n) is 1.38. The van der Waals surface area contributed by atoms with Crippen molar-refractivity contribution in [2.45, 2.75) is 0 Å². The van der Waals surface area contributed by atoms with E-state index in [1.165, 1.54) is 0 Å². The molecule has 1 aromatic rings. The van der Waals surface area contributed by atoms with Gasteiger partial charge in [-0.15, -0.1) is 0 Å². The van der Waals surface area contributed by atoms with Gasteiger partial charge in [-0.05, 0) is 40.8 Å². The Morgan fingerprint density at radius 2 is 2.25 bits per heavy atom. The first kappa shape index (κ1) is 9.98. The maximum atomic E-state index is 11.1. The highest BCUT2D eigenvalue weighted by molar-refractivity contribution is 14.1. The van der Waals surface area contributed by atoms with Gasteiger partial charge in [-0.2, -0.15) is 0 Å². The normalized spacial score (nSPS) is 9.83. The molecule has 0 fully saturated rings. The van der Waals surface area contributed by atoms with Crippen LogP contribution in [0.4, 0.5) is 0 Å². The summed E-state index contributed by atoms with van der Waals surface area (Å²) in [5, 5.41) is 9.58. The van der Waals surface area contributed by atoms with Gasteiger partial charge < -0.3 is 5.11 Å². The molecule has 0 bridgehead atoms. The summed E-state index contributed by atoms with van der Waals surface area (Å²) in [6, 6.07) is 4.98. The van der Waals surface area contributed by atoms with Gasteiger partial charge in [0.1, 0.15) is 5.75 Å². The molecule has 0 aliphatic carbocycles. The lowest BCUT2D eigenvalue weighted by atomic mass is 10.1. The van der Waals surface area contributed by atoms with E-state index in [1.807, 2.05) is 0 Å². The Kier molecular flexibility index (Phi) is 3.52. The van der Waals surface area contributed by atoms with Crippen molar-refractivity contribution < 1.29 is 9.90 Å². The molecule has 0 aliphatic heterocycles. The van der Waals surface area contributed by atoms with Gasteiger partial charge in [0.2, 0.25) is 0 Å². The average Bonchev–Trinajstić information content (AvgIpc) is 2.03. The third kappa shape index (κ3) is 2.20. The minimum absolute atomic E-state index is 0.0475. The number of aromatic hydroxyl groups is 1. The van der Waals surface area contributed by atoms with Crippen molar-refractivity contribution in [2.24, 2.45) is 0 Å². The zero-order valence-electron chi connectivity index (χ0n) is 6.05. The molecule has 1 rings (SSSR count). The molecule has 64 valence electrons. The molecular formula is C8H6BrIO2. The molecule has 2 nitrogen and oxygen atoms in total. The molecular weight excluding hydrogens is 335 g/mol. The SMILES string of the molecule is O=C(CBr)c1ccc(I)cc1O. The molecule has 0 radical (unpaired) electrons. The number of ketones is 1. The summed E-state index contributed by atoms with van der Waals surface area (Å²) in [4.78, 5) is 11.1. The van der Waals surface area contributed by atoms with Gasteiger partial charge in [0.25, 0.3) is 0 Å². The van der Waals surface area contributed by atoms with E-state index >= 15 is 0 Å². The second-order valence-corrected chi connectivity index (χ2v) is 4.02. The quantitative estimate of drug-likeness (QED) is 0.510. The topological polar surface area (TPSA) is 37.3 Å². The van der Waals surface area contributed by atoms with Crippen LogP contribution in [0.1, 0.15) is 10.4 Å². The molecule has 0 saturated heterocycles. The van der Waals surface area contributed by atoms with Crippen LogP contribution in [0.2, 0.25) is 0 Å². The molecule has 0 aliphatic rings. The number of hydrogen-bond acceptors (Lipinski definition) is 2. The fraction of sp³-hybridized carbons (Fsp3) is 0.125. The Morgan fingerprint density at radius 3 is 2.75 bits per heavy atom. The van der Waals surface area contributed by atoms with Gasteiger partial charge in [0, 0.05) is 3.57 Å². The molecule has 0 amide bonds. The summed E-state index contributed by atoms with van der Waals surface area (Å²) in [5.41, 5.74) is 0.368. The molecule has 12 heavy (non-hydrogen) atoms. The fourth-order valence-corrected chi connectivity index (χ4v) is 1.59. The van der Waals surface area contributed by atoms with E-state index in [0.717, 1.165) is 3.57 Å². The van der Waals surface area contributed by atoms with Crippen molar-refractivity contribution in [3.63, 3.8) is 0 Å². The third-order valence-corrected chi connectivity index (χ3v) is 2.56. The average molecular weight is 341 g/mol. The Labute approximate surface area is 92.2 Å². The fourth-order valence-electron chi connectivity index (χ4n) is 0.813. The highest BCUT2D eigenvalue weighted by Gasteiger charge is 2.08. The van der Waals surface area contributed by atoms with Crippen molar-refractivity contribution in [1.82, 2.24) is 0 Å². The van der Waals surface area contributed by atoms with Crippen LogP contribution in [0.15, 0.2) is 18.2 Å². The molecule has 0 saturated carbocycles. The lowest BCUT2D eigenvalue weighted by molar-refractivity contribution is 0.102. The number of carbonyl (C=O) groups is 1. The van der Waals surface area contributed by atoms with Crippen molar-refractivity contribution >= 4 is 44.3 Å². The summed E-state index contributed by atoms with van der Waals surface area (Å²) in [5.74, 6) is -0.0600. The maximum Gasteiger partial charge on any atom is 0.177 e. The largest absolute Gasteiger partial charge is 0.507 e. The zero-order valence-corrected chi connectivity index (χ0v) is 9.79. The lowest BCUT2D eigenvalue weighted by Crippen LogP contribution is -1.99. The highest BCUT2D eigenvalue weighted by atomic mass is 127. The first-order valence-electron chi connectivity index (χ1n) is 3.23. The Morgan fingerprint density at radius 1 is 1.58 bits per heavy atom. The standard InChI is InChI=1S/C8H6BrIO2/c9-4-8(12)6-2-1-5(10)3-7(6)11/h1-3,11H,4H2. The first-order chi connectivity index (χ1) is 5.65. The van der Waals surface area contributed by atoms with Crippen LogP contribution in [0.3, 0.4) is 0 Å². The summed E-state index contributed by atoms with van der Waals surface area (Å²) in [7, 11) is 0. The van der Waals surface area contributed by atoms with Gasteiger partial charge in [-0.3, -0.25) is 4.79 Å². The van der Waals surface area contributed by atoms with Gasteiger partial charge in [-0.25, -0.2) is 0 Å². The summed E-state index contributed by atoms with van der Waals surface area (Å²) < 4.78 is 0.913. The first-order valence-corrected chi connectivity index (χ1v) is 5.43. The number of rotatable bonds is 2. The summed E-state index contributed by atoms with van der Waals surface area (Å²) in [6.45, 7) is 0. The second-order valence-electron chi connectivity index (χ2n) is 2.22. The minimum atomic E-state index is -0.107. The molecule has 1 aromatic carbocycles. The van der Waals surface area contributed by atoms with Crippen molar-refractivity contribution in [2.75, 3.05) is 5.33 Å². The number of benzene rings is 1. The molecule has 0 heterocycles. The molecule has 0 spiro atoms. The van der Waals surface area contributed by atoms with Gasteiger partial charge in [0.05, 0.1) is 10.9 Å². The summed E-state index contributed by atoms with van der Waals surface area (Å²) in [6.07, 6.45) is 0. The van der Waals surface area contributed by atoms with Gasteiger partial charge in [0.15, 0.2) is 5.78 Å². The molecule has 4 heteroatoms. The monoisotopic (exact) mass is 340 g/mol. The summed E-state index contributed by atoms with van der Waals surface area (Å²) >= 11 is 5.12. The lowest BCUT2D eigenvalue weighted by Gasteiger charge is -2.00. The second kappa shape index (κ2) is 4.23. The molecule has 0 aromatic heterocycles. The van der Waals surface area contributed by atoms with Crippen molar-refractivity contribution in [3.8, 4) is 5.75 Å². The van der Waals surface area contributed by atoms with Crippen LogP contribution in [-0.4, -0.2) is 16.2 Å². The van der Waals surface area contributed by atoms with Crippen molar-refractivity contribution in [1.29, 1.82) is 0 Å². The number of carbonyl (C=O) groups excluding carboxylic acids is 1. The zero-order chi connectivity index (χ0) is 9.14. The van der Waals surface area contributed by atoms with Crippen LogP contribution >= 0.6 is 38.5 Å².